The van der Waals surface area contributed by atoms with Crippen LogP contribution in [0.25, 0.3) is 0 Å². The fourth-order valence-corrected chi connectivity index (χ4v) is 3.94. The molecule has 1 aliphatic carbocycles. The summed E-state index contributed by atoms with van der Waals surface area (Å²) in [6, 6.07) is 2.27. The minimum atomic E-state index is -0.513. The van der Waals surface area contributed by atoms with Gasteiger partial charge in [-0.15, -0.1) is 11.3 Å². The number of aryl methyl sites for hydroxylation is 1. The first-order valence-electron chi connectivity index (χ1n) is 7.07. The Hall–Kier alpha value is -1.47. The summed E-state index contributed by atoms with van der Waals surface area (Å²) in [5, 5.41) is 10.2. The van der Waals surface area contributed by atoms with Crippen molar-refractivity contribution in [1.29, 1.82) is 5.26 Å². The Morgan fingerprint density at radius 3 is 2.90 bits per heavy atom. The molecule has 0 radical (unpaired) electrons. The van der Waals surface area contributed by atoms with Crippen molar-refractivity contribution in [2.24, 2.45) is 10.9 Å². The lowest BCUT2D eigenvalue weighted by Crippen LogP contribution is -2.28. The number of nitrogens with zero attached hydrogens (tertiary/aromatic N) is 2. The molecule has 0 N–H and O–H groups in total. The number of aldehydes is 1. The van der Waals surface area contributed by atoms with Gasteiger partial charge in [0.05, 0.1) is 11.0 Å². The number of hydrogen-bond acceptors (Lipinski definition) is 4. The Morgan fingerprint density at radius 2 is 2.30 bits per heavy atom. The minimum Gasteiger partial charge on any atom is -0.302 e. The van der Waals surface area contributed by atoms with Gasteiger partial charge in [0.25, 0.3) is 0 Å². The van der Waals surface area contributed by atoms with E-state index in [1.165, 1.54) is 4.88 Å². The lowest BCUT2D eigenvalue weighted by Gasteiger charge is -2.28. The first-order chi connectivity index (χ1) is 9.51. The summed E-state index contributed by atoms with van der Waals surface area (Å²) >= 11 is 1.58. The highest BCUT2D eigenvalue weighted by molar-refractivity contribution is 7.16. The van der Waals surface area contributed by atoms with Crippen molar-refractivity contribution >= 4 is 28.8 Å². The molecule has 1 aliphatic rings. The van der Waals surface area contributed by atoms with E-state index in [1.54, 1.807) is 11.3 Å². The zero-order chi connectivity index (χ0) is 14.8. The van der Waals surface area contributed by atoms with Crippen LogP contribution in [0.2, 0.25) is 0 Å². The zero-order valence-corrected chi connectivity index (χ0v) is 13.1. The number of hydrogen-bond donors (Lipinski definition) is 0. The second-order valence-corrected chi connectivity index (χ2v) is 7.11. The Bertz CT molecular complexity index is 580. The van der Waals surface area contributed by atoms with Gasteiger partial charge in [-0.25, -0.2) is 4.99 Å². The summed E-state index contributed by atoms with van der Waals surface area (Å²) in [5.41, 5.74) is 1.03. The van der Waals surface area contributed by atoms with Crippen molar-refractivity contribution < 1.29 is 4.79 Å². The van der Waals surface area contributed by atoms with Crippen LogP contribution < -0.4 is 0 Å². The second kappa shape index (κ2) is 5.88. The SMILES string of the molecule is CC(C)CC=Nc1sc2c(c1C#N)[C@@](C)(C=O)CCC2. The number of fused-ring (bicyclic) bond motifs is 1. The predicted octanol–water partition coefficient (Wildman–Crippen LogP) is 4.16. The number of thiophene rings is 1. The summed E-state index contributed by atoms with van der Waals surface area (Å²) in [4.78, 5) is 17.1. The lowest BCUT2D eigenvalue weighted by atomic mass is 9.74. The molecule has 1 aromatic heterocycles. The van der Waals surface area contributed by atoms with Gasteiger partial charge in [0.1, 0.15) is 17.4 Å². The lowest BCUT2D eigenvalue weighted by molar-refractivity contribution is -0.112. The van der Waals surface area contributed by atoms with Gasteiger partial charge < -0.3 is 4.79 Å². The topological polar surface area (TPSA) is 53.2 Å². The van der Waals surface area contributed by atoms with Gasteiger partial charge in [0, 0.05) is 11.1 Å². The Balaban J connectivity index is 2.45. The average molecular weight is 288 g/mol. The molecule has 0 aliphatic heterocycles. The van der Waals surface area contributed by atoms with Crippen LogP contribution in [0.15, 0.2) is 4.99 Å². The fourth-order valence-electron chi connectivity index (χ4n) is 2.65. The third-order valence-electron chi connectivity index (χ3n) is 3.79. The zero-order valence-electron chi connectivity index (χ0n) is 12.3. The van der Waals surface area contributed by atoms with E-state index >= 15 is 0 Å². The molecule has 0 unspecified atom stereocenters. The monoisotopic (exact) mass is 288 g/mol. The summed E-state index contributed by atoms with van der Waals surface area (Å²) in [7, 11) is 0. The Morgan fingerprint density at radius 1 is 1.55 bits per heavy atom. The first-order valence-corrected chi connectivity index (χ1v) is 7.88. The van der Waals surface area contributed by atoms with E-state index in [0.29, 0.717) is 11.5 Å². The molecule has 2 rings (SSSR count). The van der Waals surface area contributed by atoms with Crippen molar-refractivity contribution in [2.75, 3.05) is 0 Å². The van der Waals surface area contributed by atoms with Gasteiger partial charge in [-0.1, -0.05) is 13.8 Å². The van der Waals surface area contributed by atoms with Gasteiger partial charge in [0.15, 0.2) is 0 Å². The molecule has 0 fully saturated rings. The van der Waals surface area contributed by atoms with Gasteiger partial charge in [0.2, 0.25) is 0 Å². The summed E-state index contributed by atoms with van der Waals surface area (Å²) < 4.78 is 0. The van der Waals surface area contributed by atoms with E-state index in [9.17, 15) is 10.1 Å². The van der Waals surface area contributed by atoms with Crippen LogP contribution in [0.3, 0.4) is 0 Å². The van der Waals surface area contributed by atoms with Crippen molar-refractivity contribution in [3.05, 3.63) is 16.0 Å². The maximum absolute atomic E-state index is 11.5. The highest BCUT2D eigenvalue weighted by Crippen LogP contribution is 2.46. The Labute approximate surface area is 124 Å². The van der Waals surface area contributed by atoms with E-state index in [4.69, 9.17) is 0 Å². The highest BCUT2D eigenvalue weighted by atomic mass is 32.1. The molecule has 0 saturated carbocycles. The van der Waals surface area contributed by atoms with E-state index in [2.05, 4.69) is 24.9 Å². The molecule has 0 spiro atoms. The molecule has 0 aromatic carbocycles. The Kier molecular flexibility index (Phi) is 4.39. The van der Waals surface area contributed by atoms with Crippen LogP contribution in [-0.4, -0.2) is 12.5 Å². The molecule has 0 saturated heterocycles. The quantitative estimate of drug-likeness (QED) is 0.617. The third-order valence-corrected chi connectivity index (χ3v) is 4.95. The molecule has 0 amide bonds. The summed E-state index contributed by atoms with van der Waals surface area (Å²) in [6.07, 6.45) is 6.57. The van der Waals surface area contributed by atoms with Crippen LogP contribution in [0.5, 0.6) is 0 Å². The van der Waals surface area contributed by atoms with Crippen molar-refractivity contribution in [3.8, 4) is 6.07 Å². The van der Waals surface area contributed by atoms with Gasteiger partial charge >= 0.3 is 0 Å². The number of carbonyl (C=O) groups excluding carboxylic acids is 1. The van der Waals surface area contributed by atoms with Gasteiger partial charge in [-0.05, 0) is 44.1 Å². The van der Waals surface area contributed by atoms with Gasteiger partial charge in [-0.2, -0.15) is 5.26 Å². The van der Waals surface area contributed by atoms with E-state index in [0.717, 1.165) is 42.5 Å². The number of nitriles is 1. The largest absolute Gasteiger partial charge is 0.302 e. The molecular formula is C16H20N2OS. The first kappa shape index (κ1) is 14.9. The predicted molar refractivity (Wildman–Crippen MR) is 83.0 cm³/mol. The number of aliphatic imine (C=N–C) groups is 1. The second-order valence-electron chi connectivity index (χ2n) is 6.02. The number of rotatable bonds is 4. The molecule has 106 valence electrons. The third kappa shape index (κ3) is 2.69. The molecular weight excluding hydrogens is 268 g/mol. The normalized spacial score (nSPS) is 21.9. The molecule has 1 aromatic rings. The van der Waals surface area contributed by atoms with Crippen molar-refractivity contribution in [2.45, 2.75) is 51.9 Å². The molecule has 20 heavy (non-hydrogen) atoms. The molecule has 1 heterocycles. The van der Waals surface area contributed by atoms with Crippen molar-refractivity contribution in [3.63, 3.8) is 0 Å². The maximum Gasteiger partial charge on any atom is 0.134 e. The van der Waals surface area contributed by atoms with E-state index < -0.39 is 5.41 Å². The van der Waals surface area contributed by atoms with E-state index in [1.807, 2.05) is 13.1 Å². The van der Waals surface area contributed by atoms with Crippen LogP contribution in [0, 0.1) is 17.2 Å². The summed E-state index contributed by atoms with van der Waals surface area (Å²) in [5.74, 6) is 0.555. The summed E-state index contributed by atoms with van der Waals surface area (Å²) in [6.45, 7) is 6.22. The van der Waals surface area contributed by atoms with Gasteiger partial charge in [-0.3, -0.25) is 0 Å². The standard InChI is InChI=1S/C16H20N2OS/c1-11(2)6-8-18-15-12(9-17)14-13(20-15)5-4-7-16(14,3)10-19/h8,10-11H,4-7H2,1-3H3/t16-/m1/s1. The van der Waals surface area contributed by atoms with E-state index in [-0.39, 0.29) is 0 Å². The molecule has 0 bridgehead atoms. The molecule has 4 heteroatoms. The van der Waals surface area contributed by atoms with Crippen LogP contribution in [-0.2, 0) is 16.6 Å². The molecule has 3 nitrogen and oxygen atoms in total. The number of carbonyl (C=O) groups is 1. The smallest absolute Gasteiger partial charge is 0.134 e. The minimum absolute atomic E-state index is 0.513. The average Bonchev–Trinajstić information content (AvgIpc) is 2.77. The van der Waals surface area contributed by atoms with Crippen molar-refractivity contribution in [1.82, 2.24) is 0 Å². The van der Waals surface area contributed by atoms with Crippen LogP contribution in [0.4, 0.5) is 5.00 Å². The fraction of sp³-hybridized carbons (Fsp3) is 0.562. The molecule has 1 atom stereocenters. The maximum atomic E-state index is 11.5. The highest BCUT2D eigenvalue weighted by Gasteiger charge is 2.37. The van der Waals surface area contributed by atoms with Crippen LogP contribution >= 0.6 is 11.3 Å². The van der Waals surface area contributed by atoms with Crippen LogP contribution in [0.1, 0.15) is 56.0 Å².